The lowest BCUT2D eigenvalue weighted by molar-refractivity contribution is -0.242. The Morgan fingerprint density at radius 1 is 1.12 bits per heavy atom. The predicted molar refractivity (Wildman–Crippen MR) is 165 cm³/mol. The van der Waals surface area contributed by atoms with E-state index in [1.807, 2.05) is 0 Å². The fraction of sp³-hybridized carbons (Fsp3) is 0.657. The highest BCUT2D eigenvalue weighted by molar-refractivity contribution is 5.96. The number of furan rings is 1. The van der Waals surface area contributed by atoms with Crippen LogP contribution in [-0.4, -0.2) is 88.6 Å². The number of hydrogen-bond donors (Lipinski definition) is 2. The summed E-state index contributed by atoms with van der Waals surface area (Å²) >= 11 is 0. The second kappa shape index (κ2) is 12.7. The van der Waals surface area contributed by atoms with Gasteiger partial charge in [-0.15, -0.1) is 0 Å². The molecular formula is C35H44O14. The largest absolute Gasteiger partial charge is 0.472 e. The molecule has 2 saturated carbocycles. The predicted octanol–water partition coefficient (Wildman–Crippen LogP) is 2.33. The fourth-order valence-electron chi connectivity index (χ4n) is 9.11. The number of rotatable bonds is 9. The maximum absolute atomic E-state index is 14.3. The van der Waals surface area contributed by atoms with Crippen LogP contribution in [0.15, 0.2) is 35.2 Å². The Hall–Kier alpha value is -4.04. The summed E-state index contributed by atoms with van der Waals surface area (Å²) in [6, 6.07) is 1.59. The van der Waals surface area contributed by atoms with E-state index in [-0.39, 0.29) is 31.5 Å². The Morgan fingerprint density at radius 2 is 1.82 bits per heavy atom. The Labute approximate surface area is 283 Å². The van der Waals surface area contributed by atoms with Crippen LogP contribution in [0.5, 0.6) is 0 Å². The molecular weight excluding hydrogens is 644 g/mol. The highest BCUT2D eigenvalue weighted by atomic mass is 16.6. The minimum Gasteiger partial charge on any atom is -0.472 e. The number of ether oxygens (including phenoxy) is 5. The Balaban J connectivity index is 1.81. The van der Waals surface area contributed by atoms with Gasteiger partial charge in [0.15, 0.2) is 17.5 Å². The van der Waals surface area contributed by atoms with Gasteiger partial charge in [-0.1, -0.05) is 40.7 Å². The summed E-state index contributed by atoms with van der Waals surface area (Å²) in [5.41, 5.74) is -7.14. The number of esters is 4. The smallest absolute Gasteiger partial charge is 0.335 e. The first-order chi connectivity index (χ1) is 22.9. The first-order valence-electron chi connectivity index (χ1n) is 16.4. The van der Waals surface area contributed by atoms with Gasteiger partial charge in [-0.05, 0) is 30.0 Å². The lowest BCUT2D eigenvalue weighted by atomic mass is 9.46. The number of carbonyl (C=O) groups is 6. The van der Waals surface area contributed by atoms with Gasteiger partial charge in [0.05, 0.1) is 30.8 Å². The van der Waals surface area contributed by atoms with E-state index < -0.39 is 106 Å². The molecule has 1 aromatic rings. The van der Waals surface area contributed by atoms with E-state index in [4.69, 9.17) is 28.1 Å². The highest BCUT2D eigenvalue weighted by Crippen LogP contribution is 2.68. The number of aliphatic hydroxyl groups excluding tert-OH is 1. The van der Waals surface area contributed by atoms with E-state index in [2.05, 4.69) is 6.58 Å². The minimum atomic E-state index is -2.48. The molecule has 2 saturated heterocycles. The van der Waals surface area contributed by atoms with Gasteiger partial charge in [0.1, 0.15) is 30.5 Å². The molecule has 12 atom stereocenters. The monoisotopic (exact) mass is 688 g/mol. The second-order valence-corrected chi connectivity index (χ2v) is 14.5. The molecule has 2 aliphatic heterocycles. The summed E-state index contributed by atoms with van der Waals surface area (Å²) < 4.78 is 34.2. The Bertz CT molecular complexity index is 1530. The van der Waals surface area contributed by atoms with Crippen LogP contribution in [-0.2, 0) is 52.5 Å². The topological polar surface area (TPSA) is 202 Å². The summed E-state index contributed by atoms with van der Waals surface area (Å²) in [7, 11) is 0. The number of carbonyl (C=O) groups excluding carboxylic acids is 6. The second-order valence-electron chi connectivity index (χ2n) is 14.5. The molecule has 0 aromatic carbocycles. The van der Waals surface area contributed by atoms with Crippen LogP contribution in [0, 0.1) is 28.6 Å². The van der Waals surface area contributed by atoms with Crippen LogP contribution < -0.4 is 0 Å². The van der Waals surface area contributed by atoms with E-state index in [1.165, 1.54) is 19.5 Å². The molecule has 14 heteroatoms. The lowest BCUT2D eigenvalue weighted by Crippen LogP contribution is -2.72. The van der Waals surface area contributed by atoms with Crippen LogP contribution in [0.4, 0.5) is 0 Å². The van der Waals surface area contributed by atoms with E-state index in [0.29, 0.717) is 12.0 Å². The molecule has 1 unspecified atom stereocenters. The highest BCUT2D eigenvalue weighted by Gasteiger charge is 2.78. The molecule has 268 valence electrons. The zero-order valence-electron chi connectivity index (χ0n) is 28.5. The summed E-state index contributed by atoms with van der Waals surface area (Å²) in [6.07, 6.45) is -4.22. The van der Waals surface area contributed by atoms with Crippen molar-refractivity contribution < 1.29 is 67.1 Å². The molecule has 2 aliphatic carbocycles. The molecule has 0 spiro atoms. The number of ketones is 1. The molecule has 4 aliphatic rings. The molecule has 2 N–H and O–H groups in total. The third-order valence-electron chi connectivity index (χ3n) is 11.9. The zero-order chi connectivity index (χ0) is 36.3. The Kier molecular flexibility index (Phi) is 9.39. The van der Waals surface area contributed by atoms with Gasteiger partial charge in [0.2, 0.25) is 0 Å². The van der Waals surface area contributed by atoms with Gasteiger partial charge >= 0.3 is 23.9 Å². The van der Waals surface area contributed by atoms with E-state index in [0.717, 1.165) is 6.92 Å². The summed E-state index contributed by atoms with van der Waals surface area (Å²) in [5, 5.41) is 23.8. The third kappa shape index (κ3) is 5.38. The summed E-state index contributed by atoms with van der Waals surface area (Å²) in [6.45, 7) is 13.2. The van der Waals surface area contributed by atoms with Gasteiger partial charge in [-0.25, -0.2) is 4.79 Å². The van der Waals surface area contributed by atoms with Gasteiger partial charge in [-0.2, -0.15) is 0 Å². The standard InChI is InChI=1S/C35H44O14/c1-8-17(2)28(41)31(42)48-30-29(46-16-36)27(18(3)35(43)23(38)11-21(34(30,35)7)20-9-10-44-14-20)33(6)22-12-25(39)45-15-32(22,5)49-26(40)13-24(33)47-19(4)37/h9-10,14,16-17,21-22,24,27-30,41,43H,3,8,11-13,15H2,1-2,4-7H3/t17-,21-,22-,24-,27?,28+,29+,30-,32+,33+,34+,35+/m0/s1. The molecule has 1 aromatic heterocycles. The lowest BCUT2D eigenvalue weighted by Gasteiger charge is -2.61. The first-order valence-corrected chi connectivity index (χ1v) is 16.4. The van der Waals surface area contributed by atoms with Crippen molar-refractivity contribution >= 4 is 36.1 Å². The molecule has 3 heterocycles. The van der Waals surface area contributed by atoms with Gasteiger partial charge < -0.3 is 38.3 Å². The van der Waals surface area contributed by atoms with E-state index in [1.54, 1.807) is 33.8 Å². The van der Waals surface area contributed by atoms with Crippen molar-refractivity contribution in [2.75, 3.05) is 6.61 Å². The molecule has 5 rings (SSSR count). The first kappa shape index (κ1) is 36.2. The van der Waals surface area contributed by atoms with E-state index >= 15 is 0 Å². The zero-order valence-corrected chi connectivity index (χ0v) is 28.5. The maximum atomic E-state index is 14.3. The summed E-state index contributed by atoms with van der Waals surface area (Å²) in [5.74, 6) is -7.90. The van der Waals surface area contributed by atoms with Crippen molar-refractivity contribution in [3.63, 3.8) is 0 Å². The molecule has 14 nitrogen and oxygen atoms in total. The quantitative estimate of drug-likeness (QED) is 0.166. The van der Waals surface area contributed by atoms with Crippen molar-refractivity contribution in [3.8, 4) is 0 Å². The van der Waals surface area contributed by atoms with Crippen molar-refractivity contribution in [2.45, 2.75) is 109 Å². The van der Waals surface area contributed by atoms with Gasteiger partial charge in [-0.3, -0.25) is 24.0 Å². The van der Waals surface area contributed by atoms with Crippen LogP contribution >= 0.6 is 0 Å². The molecule has 0 amide bonds. The SMILES string of the molecule is C=C1C([C@@]2(C)[C@@H](OC(C)=O)CC(=O)O[C@]3(C)COC(=O)C[C@H]23)[C@@H](OC=O)[C@H](OC(=O)[C@H](O)[C@@H](C)CC)[C@@]2(C)[C@H](c3ccoc3)CC(=O)[C@]12O. The van der Waals surface area contributed by atoms with Crippen molar-refractivity contribution in [3.05, 3.63) is 36.3 Å². The van der Waals surface area contributed by atoms with Crippen molar-refractivity contribution in [1.29, 1.82) is 0 Å². The van der Waals surface area contributed by atoms with Crippen LogP contribution in [0.25, 0.3) is 0 Å². The number of fused-ring (bicyclic) bond motifs is 2. The van der Waals surface area contributed by atoms with Gasteiger partial charge in [0.25, 0.3) is 6.47 Å². The average Bonchev–Trinajstić information content (AvgIpc) is 3.63. The van der Waals surface area contributed by atoms with Gasteiger partial charge in [0, 0.05) is 36.5 Å². The molecule has 0 radical (unpaired) electrons. The van der Waals surface area contributed by atoms with Crippen molar-refractivity contribution in [1.82, 2.24) is 0 Å². The van der Waals surface area contributed by atoms with Crippen LogP contribution in [0.3, 0.4) is 0 Å². The number of hydrogen-bond acceptors (Lipinski definition) is 14. The minimum absolute atomic E-state index is 0.116. The normalized spacial score (nSPS) is 40.1. The fourth-order valence-corrected chi connectivity index (χ4v) is 9.11. The van der Waals surface area contributed by atoms with E-state index in [9.17, 15) is 39.0 Å². The van der Waals surface area contributed by atoms with Crippen molar-refractivity contribution in [2.24, 2.45) is 28.6 Å². The maximum Gasteiger partial charge on any atom is 0.335 e. The molecule has 0 bridgehead atoms. The number of cyclic esters (lactones) is 1. The van der Waals surface area contributed by atoms with Crippen LogP contribution in [0.2, 0.25) is 0 Å². The third-order valence-corrected chi connectivity index (χ3v) is 11.9. The van der Waals surface area contributed by atoms with Crippen LogP contribution in [0.1, 0.15) is 78.7 Å². The molecule has 4 fully saturated rings. The Morgan fingerprint density at radius 3 is 2.41 bits per heavy atom. The summed E-state index contributed by atoms with van der Waals surface area (Å²) in [4.78, 5) is 79.3. The average molecular weight is 689 g/mol. The number of aliphatic hydroxyl groups is 2. The number of Topliss-reactive ketones (excluding diaryl/α,β-unsaturated/α-hetero) is 1. The molecule has 49 heavy (non-hydrogen) atoms.